The van der Waals surface area contributed by atoms with E-state index >= 15 is 0 Å². The maximum atomic E-state index is 2.44. The van der Waals surface area contributed by atoms with Gasteiger partial charge < -0.3 is 0 Å². The molecule has 0 saturated heterocycles. The number of hydrogen-bond acceptors (Lipinski definition) is 0. The highest BCUT2D eigenvalue weighted by atomic mass is 14.1. The van der Waals surface area contributed by atoms with E-state index in [-0.39, 0.29) is 0 Å². The smallest absolute Gasteiger partial charge is 0.00638 e. The van der Waals surface area contributed by atoms with E-state index in [1.54, 1.807) is 0 Å². The molecule has 0 heteroatoms. The van der Waals surface area contributed by atoms with Gasteiger partial charge in [-0.05, 0) is 36.3 Å². The highest BCUT2D eigenvalue weighted by molar-refractivity contribution is 5.27. The maximum Gasteiger partial charge on any atom is -0.00638 e. The molecule has 104 valence electrons. The van der Waals surface area contributed by atoms with Crippen LogP contribution in [-0.2, 0) is 12.8 Å². The van der Waals surface area contributed by atoms with Crippen molar-refractivity contribution < 1.29 is 0 Å². The Balaban J connectivity index is 2.10. The van der Waals surface area contributed by atoms with E-state index in [0.717, 1.165) is 25.2 Å². The lowest BCUT2D eigenvalue weighted by Crippen LogP contribution is -1.97. The summed E-state index contributed by atoms with van der Waals surface area (Å²) in [6, 6.07) is 21.5. The van der Waals surface area contributed by atoms with Crippen LogP contribution in [0.2, 0.25) is 0 Å². The highest BCUT2D eigenvalue weighted by Crippen LogP contribution is 2.16. The van der Waals surface area contributed by atoms with Gasteiger partial charge >= 0.3 is 0 Å². The number of allylic oxidation sites excluding steroid dienone is 2. The molecule has 0 aliphatic heterocycles. The normalized spacial score (nSPS) is 10.6. The lowest BCUT2D eigenvalue weighted by molar-refractivity contribution is 0.659. The number of benzene rings is 2. The second-order valence-electron chi connectivity index (χ2n) is 5.82. The van der Waals surface area contributed by atoms with Crippen molar-refractivity contribution in [3.05, 3.63) is 83.4 Å². The monoisotopic (exact) mass is 264 g/mol. The van der Waals surface area contributed by atoms with Crippen molar-refractivity contribution >= 4 is 0 Å². The molecule has 0 amide bonds. The standard InChI is InChI=1S/C20H24/c1-17(2)13-14-20(15-18-9-5-3-6-10-18)16-19-11-7-4-8-12-19/h3-12,14,17H,13,15-16H2,1-2H3. The molecule has 0 fully saturated rings. The summed E-state index contributed by atoms with van der Waals surface area (Å²) in [5.41, 5.74) is 4.33. The van der Waals surface area contributed by atoms with Crippen molar-refractivity contribution in [2.24, 2.45) is 5.92 Å². The molecule has 2 aromatic rings. The minimum absolute atomic E-state index is 0.719. The molecule has 0 aromatic heterocycles. The van der Waals surface area contributed by atoms with Gasteiger partial charge in [0, 0.05) is 0 Å². The Morgan fingerprint density at radius 1 is 0.800 bits per heavy atom. The van der Waals surface area contributed by atoms with Gasteiger partial charge in [-0.1, -0.05) is 86.2 Å². The van der Waals surface area contributed by atoms with Crippen LogP contribution in [0.25, 0.3) is 0 Å². The molecule has 2 aromatic carbocycles. The summed E-state index contributed by atoms with van der Waals surface area (Å²) in [6.07, 6.45) is 5.71. The molecule has 0 atom stereocenters. The van der Waals surface area contributed by atoms with Crippen molar-refractivity contribution in [2.45, 2.75) is 33.1 Å². The predicted octanol–water partition coefficient (Wildman–Crippen LogP) is 5.44. The first-order valence-electron chi connectivity index (χ1n) is 7.50. The molecule has 0 nitrogen and oxygen atoms in total. The fourth-order valence-electron chi connectivity index (χ4n) is 2.33. The highest BCUT2D eigenvalue weighted by Gasteiger charge is 2.02. The molecule has 20 heavy (non-hydrogen) atoms. The fourth-order valence-corrected chi connectivity index (χ4v) is 2.33. The SMILES string of the molecule is CC(C)CC=C(Cc1ccccc1)Cc1ccccc1. The van der Waals surface area contributed by atoms with Gasteiger partial charge in [-0.15, -0.1) is 0 Å². The summed E-state index contributed by atoms with van der Waals surface area (Å²) in [4.78, 5) is 0. The van der Waals surface area contributed by atoms with E-state index < -0.39 is 0 Å². The van der Waals surface area contributed by atoms with Crippen LogP contribution in [0, 0.1) is 5.92 Å². The van der Waals surface area contributed by atoms with Gasteiger partial charge in [-0.25, -0.2) is 0 Å². The zero-order chi connectivity index (χ0) is 14.2. The van der Waals surface area contributed by atoms with Crippen molar-refractivity contribution in [1.29, 1.82) is 0 Å². The van der Waals surface area contributed by atoms with E-state index in [9.17, 15) is 0 Å². The Morgan fingerprint density at radius 3 is 1.65 bits per heavy atom. The van der Waals surface area contributed by atoms with E-state index in [4.69, 9.17) is 0 Å². The zero-order valence-corrected chi connectivity index (χ0v) is 12.5. The first-order valence-corrected chi connectivity index (χ1v) is 7.50. The van der Waals surface area contributed by atoms with Crippen LogP contribution in [0.5, 0.6) is 0 Å². The molecule has 0 aliphatic rings. The van der Waals surface area contributed by atoms with Crippen LogP contribution in [0.4, 0.5) is 0 Å². The summed E-state index contributed by atoms with van der Waals surface area (Å²) in [5.74, 6) is 0.719. The Bertz CT molecular complexity index is 477. The molecule has 0 saturated carbocycles. The zero-order valence-electron chi connectivity index (χ0n) is 12.5. The Hall–Kier alpha value is -1.82. The van der Waals surface area contributed by atoms with E-state index in [0.29, 0.717) is 0 Å². The van der Waals surface area contributed by atoms with Crippen LogP contribution < -0.4 is 0 Å². The van der Waals surface area contributed by atoms with Crippen molar-refractivity contribution in [3.8, 4) is 0 Å². The molecule has 2 rings (SSSR count). The molecule has 0 N–H and O–H groups in total. The van der Waals surface area contributed by atoms with Crippen molar-refractivity contribution in [2.75, 3.05) is 0 Å². The minimum Gasteiger partial charge on any atom is -0.0844 e. The van der Waals surface area contributed by atoms with Gasteiger partial charge in [-0.2, -0.15) is 0 Å². The second-order valence-corrected chi connectivity index (χ2v) is 5.82. The average Bonchev–Trinajstić information content (AvgIpc) is 2.47. The van der Waals surface area contributed by atoms with Gasteiger partial charge in [0.1, 0.15) is 0 Å². The van der Waals surface area contributed by atoms with Gasteiger partial charge in [0.25, 0.3) is 0 Å². The summed E-state index contributed by atoms with van der Waals surface area (Å²) >= 11 is 0. The molecular weight excluding hydrogens is 240 g/mol. The lowest BCUT2D eigenvalue weighted by Gasteiger charge is -2.10. The Kier molecular flexibility index (Phi) is 5.61. The fraction of sp³-hybridized carbons (Fsp3) is 0.300. The third-order valence-corrected chi connectivity index (χ3v) is 3.43. The summed E-state index contributed by atoms with van der Waals surface area (Å²) in [7, 11) is 0. The third-order valence-electron chi connectivity index (χ3n) is 3.43. The first-order chi connectivity index (χ1) is 9.74. The summed E-state index contributed by atoms with van der Waals surface area (Å²) in [5, 5.41) is 0. The summed E-state index contributed by atoms with van der Waals surface area (Å²) < 4.78 is 0. The first kappa shape index (κ1) is 14.6. The van der Waals surface area contributed by atoms with Crippen LogP contribution in [0.1, 0.15) is 31.4 Å². The van der Waals surface area contributed by atoms with Crippen molar-refractivity contribution in [1.82, 2.24) is 0 Å². The minimum atomic E-state index is 0.719. The molecular formula is C20H24. The predicted molar refractivity (Wildman–Crippen MR) is 87.8 cm³/mol. The number of rotatable bonds is 6. The second kappa shape index (κ2) is 7.69. The molecule has 0 unspecified atom stereocenters. The van der Waals surface area contributed by atoms with E-state index in [1.165, 1.54) is 16.7 Å². The van der Waals surface area contributed by atoms with Gasteiger partial charge in [0.15, 0.2) is 0 Å². The third kappa shape index (κ3) is 5.05. The quantitative estimate of drug-likeness (QED) is 0.609. The van der Waals surface area contributed by atoms with E-state index in [2.05, 4.69) is 80.6 Å². The molecule has 0 radical (unpaired) electrons. The van der Waals surface area contributed by atoms with Crippen LogP contribution in [0.3, 0.4) is 0 Å². The number of hydrogen-bond donors (Lipinski definition) is 0. The van der Waals surface area contributed by atoms with Gasteiger partial charge in [0.05, 0.1) is 0 Å². The largest absolute Gasteiger partial charge is 0.0844 e. The topological polar surface area (TPSA) is 0 Å². The maximum absolute atomic E-state index is 2.44. The Labute approximate surface area is 123 Å². The van der Waals surface area contributed by atoms with Crippen molar-refractivity contribution in [3.63, 3.8) is 0 Å². The van der Waals surface area contributed by atoms with Gasteiger partial charge in [-0.3, -0.25) is 0 Å². The molecule has 0 spiro atoms. The van der Waals surface area contributed by atoms with Crippen LogP contribution in [-0.4, -0.2) is 0 Å². The molecule has 0 aliphatic carbocycles. The van der Waals surface area contributed by atoms with Gasteiger partial charge in [0.2, 0.25) is 0 Å². The molecule has 0 bridgehead atoms. The average molecular weight is 264 g/mol. The van der Waals surface area contributed by atoms with E-state index in [1.807, 2.05) is 0 Å². The van der Waals surface area contributed by atoms with Crippen LogP contribution >= 0.6 is 0 Å². The Morgan fingerprint density at radius 2 is 1.25 bits per heavy atom. The molecule has 0 heterocycles. The summed E-state index contributed by atoms with van der Waals surface area (Å²) in [6.45, 7) is 4.55. The van der Waals surface area contributed by atoms with Crippen LogP contribution in [0.15, 0.2) is 72.3 Å². The lowest BCUT2D eigenvalue weighted by atomic mass is 9.96.